The lowest BCUT2D eigenvalue weighted by Gasteiger charge is -2.32. The standard InChI is InChI=1S/C31H39N3O5S2/c1-6-39-29-15-11-10-14-28(29)34(41(37,38)27-18-16-26(40-5)17-19-27)22-30(35)33(24(4)31(36)32-23(2)3)21-20-25-12-8-7-9-13-25/h7-19,23-24H,6,20-22H2,1-5H3,(H,32,36)/t24-/m0/s1. The number of ether oxygens (including phenoxy) is 1. The van der Waals surface area contributed by atoms with Crippen LogP contribution in [0.5, 0.6) is 5.75 Å². The number of benzene rings is 3. The summed E-state index contributed by atoms with van der Waals surface area (Å²) in [4.78, 5) is 29.5. The zero-order valence-corrected chi connectivity index (χ0v) is 25.9. The molecule has 0 saturated heterocycles. The van der Waals surface area contributed by atoms with E-state index in [9.17, 15) is 18.0 Å². The number of carbonyl (C=O) groups is 2. The van der Waals surface area contributed by atoms with Gasteiger partial charge in [0.1, 0.15) is 18.3 Å². The molecule has 10 heteroatoms. The van der Waals surface area contributed by atoms with E-state index in [1.54, 1.807) is 43.3 Å². The van der Waals surface area contributed by atoms with Crippen molar-refractivity contribution in [2.24, 2.45) is 0 Å². The quantitative estimate of drug-likeness (QED) is 0.263. The average Bonchev–Trinajstić information content (AvgIpc) is 2.96. The topological polar surface area (TPSA) is 96.0 Å². The molecule has 0 fully saturated rings. The van der Waals surface area contributed by atoms with Gasteiger partial charge in [0, 0.05) is 17.5 Å². The first kappa shape index (κ1) is 32.0. The summed E-state index contributed by atoms with van der Waals surface area (Å²) >= 11 is 1.50. The van der Waals surface area contributed by atoms with Gasteiger partial charge in [-0.3, -0.25) is 13.9 Å². The van der Waals surface area contributed by atoms with Crippen molar-refractivity contribution < 1.29 is 22.7 Å². The molecule has 0 saturated carbocycles. The molecule has 8 nitrogen and oxygen atoms in total. The van der Waals surface area contributed by atoms with Crippen LogP contribution in [0.15, 0.2) is 88.7 Å². The van der Waals surface area contributed by atoms with Crippen molar-refractivity contribution in [2.75, 3.05) is 30.3 Å². The summed E-state index contributed by atoms with van der Waals surface area (Å²) in [5, 5.41) is 2.87. The first-order valence-electron chi connectivity index (χ1n) is 13.6. The zero-order chi connectivity index (χ0) is 30.0. The maximum atomic E-state index is 14.1. The molecule has 1 atom stereocenters. The van der Waals surface area contributed by atoms with E-state index >= 15 is 0 Å². The number of para-hydroxylation sites is 2. The highest BCUT2D eigenvalue weighted by Crippen LogP contribution is 2.33. The summed E-state index contributed by atoms with van der Waals surface area (Å²) in [6.45, 7) is 7.21. The van der Waals surface area contributed by atoms with Crippen LogP contribution < -0.4 is 14.4 Å². The Bertz CT molecular complexity index is 1400. The fraction of sp³-hybridized carbons (Fsp3) is 0.355. The Labute approximate surface area is 248 Å². The van der Waals surface area contributed by atoms with Gasteiger partial charge in [0.25, 0.3) is 10.0 Å². The highest BCUT2D eigenvalue weighted by atomic mass is 32.2. The van der Waals surface area contributed by atoms with Crippen LogP contribution in [-0.2, 0) is 26.0 Å². The molecule has 0 aliphatic heterocycles. The fourth-order valence-electron chi connectivity index (χ4n) is 4.30. The second-order valence-electron chi connectivity index (χ2n) is 9.75. The number of amides is 2. The molecule has 3 rings (SSSR count). The van der Waals surface area contributed by atoms with Crippen molar-refractivity contribution in [3.05, 3.63) is 84.4 Å². The molecule has 0 aromatic heterocycles. The third-order valence-corrected chi connectivity index (χ3v) is 8.96. The molecule has 1 N–H and O–H groups in total. The maximum Gasteiger partial charge on any atom is 0.264 e. The van der Waals surface area contributed by atoms with E-state index in [1.807, 2.05) is 57.4 Å². The van der Waals surface area contributed by atoms with Gasteiger partial charge in [0.05, 0.1) is 17.2 Å². The van der Waals surface area contributed by atoms with Gasteiger partial charge in [-0.2, -0.15) is 0 Å². The molecule has 0 spiro atoms. The molecule has 3 aromatic rings. The molecule has 3 aromatic carbocycles. The Morgan fingerprint density at radius 1 is 0.927 bits per heavy atom. The first-order valence-corrected chi connectivity index (χ1v) is 16.3. The molecular weight excluding hydrogens is 558 g/mol. The average molecular weight is 598 g/mol. The van der Waals surface area contributed by atoms with Crippen LogP contribution in [0.4, 0.5) is 5.69 Å². The summed E-state index contributed by atoms with van der Waals surface area (Å²) in [5.41, 5.74) is 1.25. The molecule has 220 valence electrons. The Kier molecular flexibility index (Phi) is 11.7. The lowest BCUT2D eigenvalue weighted by atomic mass is 10.1. The zero-order valence-electron chi connectivity index (χ0n) is 24.2. The van der Waals surface area contributed by atoms with Crippen LogP contribution in [0.1, 0.15) is 33.3 Å². The maximum absolute atomic E-state index is 14.1. The second kappa shape index (κ2) is 14.9. The number of hydrogen-bond acceptors (Lipinski definition) is 6. The number of thioether (sulfide) groups is 1. The van der Waals surface area contributed by atoms with Crippen molar-refractivity contribution in [2.45, 2.75) is 56.0 Å². The summed E-state index contributed by atoms with van der Waals surface area (Å²) in [7, 11) is -4.18. The van der Waals surface area contributed by atoms with Gasteiger partial charge in [-0.25, -0.2) is 8.42 Å². The summed E-state index contributed by atoms with van der Waals surface area (Å²) in [6.07, 6.45) is 2.41. The van der Waals surface area contributed by atoms with Gasteiger partial charge in [-0.1, -0.05) is 42.5 Å². The predicted molar refractivity (Wildman–Crippen MR) is 165 cm³/mol. The van der Waals surface area contributed by atoms with Crippen LogP contribution in [-0.4, -0.2) is 63.2 Å². The summed E-state index contributed by atoms with van der Waals surface area (Å²) in [5.74, 6) is -0.463. The predicted octanol–water partition coefficient (Wildman–Crippen LogP) is 4.99. The van der Waals surface area contributed by atoms with Crippen molar-refractivity contribution in [1.82, 2.24) is 10.2 Å². The fourth-order valence-corrected chi connectivity index (χ4v) is 6.14. The number of nitrogens with zero attached hydrogens (tertiary/aromatic N) is 2. The van der Waals surface area contributed by atoms with Crippen LogP contribution in [0.3, 0.4) is 0 Å². The van der Waals surface area contributed by atoms with Gasteiger partial charge in [0.15, 0.2) is 0 Å². The Balaban J connectivity index is 2.03. The number of hydrogen-bond donors (Lipinski definition) is 1. The summed E-state index contributed by atoms with van der Waals surface area (Å²) in [6, 6.07) is 22.0. The smallest absolute Gasteiger partial charge is 0.264 e. The van der Waals surface area contributed by atoms with E-state index in [1.165, 1.54) is 28.8 Å². The third kappa shape index (κ3) is 8.50. The Hall–Kier alpha value is -3.50. The molecule has 0 aliphatic carbocycles. The third-order valence-electron chi connectivity index (χ3n) is 6.44. The van der Waals surface area contributed by atoms with Crippen molar-refractivity contribution in [3.8, 4) is 5.75 Å². The van der Waals surface area contributed by atoms with Gasteiger partial charge in [0.2, 0.25) is 11.8 Å². The van der Waals surface area contributed by atoms with E-state index in [-0.39, 0.29) is 29.1 Å². The number of sulfonamides is 1. The van der Waals surface area contributed by atoms with Crippen LogP contribution in [0.25, 0.3) is 0 Å². The molecule has 41 heavy (non-hydrogen) atoms. The highest BCUT2D eigenvalue weighted by Gasteiger charge is 2.33. The first-order chi connectivity index (χ1) is 19.6. The minimum absolute atomic E-state index is 0.0517. The number of anilines is 1. The molecule has 0 radical (unpaired) electrons. The van der Waals surface area contributed by atoms with Gasteiger partial charge in [-0.05, 0) is 82.3 Å². The minimum Gasteiger partial charge on any atom is -0.492 e. The molecule has 0 heterocycles. The molecule has 2 amide bonds. The SMILES string of the molecule is CCOc1ccccc1N(CC(=O)N(CCc1ccccc1)[C@@H](C)C(=O)NC(C)C)S(=O)(=O)c1ccc(SC)cc1. The Morgan fingerprint density at radius 3 is 2.17 bits per heavy atom. The number of carbonyl (C=O) groups excluding carboxylic acids is 2. The van der Waals surface area contributed by atoms with Crippen molar-refractivity contribution in [1.29, 1.82) is 0 Å². The number of nitrogens with one attached hydrogen (secondary N) is 1. The van der Waals surface area contributed by atoms with Crippen molar-refractivity contribution in [3.63, 3.8) is 0 Å². The largest absolute Gasteiger partial charge is 0.492 e. The van der Waals surface area contributed by atoms with Crippen molar-refractivity contribution >= 4 is 39.3 Å². The molecule has 0 aliphatic rings. The van der Waals surface area contributed by atoms with Gasteiger partial charge in [-0.15, -0.1) is 11.8 Å². The minimum atomic E-state index is -4.18. The van der Waals surface area contributed by atoms with E-state index in [0.29, 0.717) is 18.8 Å². The lowest BCUT2D eigenvalue weighted by molar-refractivity contribution is -0.139. The highest BCUT2D eigenvalue weighted by molar-refractivity contribution is 7.98. The van der Waals surface area contributed by atoms with Gasteiger partial charge < -0.3 is 15.0 Å². The summed E-state index contributed by atoms with van der Waals surface area (Å²) < 4.78 is 35.0. The van der Waals surface area contributed by atoms with Crippen LogP contribution >= 0.6 is 11.8 Å². The molecule has 0 unspecified atom stereocenters. The molecule has 0 bridgehead atoms. The van der Waals surface area contributed by atoms with E-state index in [2.05, 4.69) is 5.32 Å². The van der Waals surface area contributed by atoms with Crippen LogP contribution in [0.2, 0.25) is 0 Å². The number of rotatable bonds is 14. The van der Waals surface area contributed by atoms with E-state index < -0.39 is 28.5 Å². The molecular formula is C31H39N3O5S2. The van der Waals surface area contributed by atoms with E-state index in [0.717, 1.165) is 14.8 Å². The normalized spacial score (nSPS) is 12.0. The van der Waals surface area contributed by atoms with E-state index in [4.69, 9.17) is 4.74 Å². The monoisotopic (exact) mass is 597 g/mol. The lowest BCUT2D eigenvalue weighted by Crippen LogP contribution is -2.53. The van der Waals surface area contributed by atoms with Crippen LogP contribution in [0, 0.1) is 0 Å². The van der Waals surface area contributed by atoms with Gasteiger partial charge >= 0.3 is 0 Å². The Morgan fingerprint density at radius 2 is 1.56 bits per heavy atom. The second-order valence-corrected chi connectivity index (χ2v) is 12.5.